The van der Waals surface area contributed by atoms with Gasteiger partial charge in [-0.3, -0.25) is 9.78 Å². The SMILES string of the molecule is [B]C1([B])CC(F)(CNCc2ccc(C)cn2)C([B])([B])CN1C(=O)c1ccc(F)c(Cl)c1. The summed E-state index contributed by atoms with van der Waals surface area (Å²) in [7, 11) is 24.4. The summed E-state index contributed by atoms with van der Waals surface area (Å²) in [6, 6.07) is 7.10. The van der Waals surface area contributed by atoms with Crippen LogP contribution in [0.3, 0.4) is 0 Å². The molecule has 1 aliphatic heterocycles. The number of aromatic nitrogens is 1. The highest BCUT2D eigenvalue weighted by Gasteiger charge is 2.54. The van der Waals surface area contributed by atoms with E-state index in [1.165, 1.54) is 6.07 Å². The van der Waals surface area contributed by atoms with Crippen LogP contribution in [0, 0.1) is 12.7 Å². The van der Waals surface area contributed by atoms with Crippen molar-refractivity contribution in [2.75, 3.05) is 13.1 Å². The van der Waals surface area contributed by atoms with Gasteiger partial charge in [0, 0.05) is 31.4 Å². The molecule has 2 aromatic rings. The predicted molar refractivity (Wildman–Crippen MR) is 120 cm³/mol. The first-order valence-corrected chi connectivity index (χ1v) is 9.96. The molecule has 0 saturated carbocycles. The molecule has 0 bridgehead atoms. The molecule has 1 unspecified atom stereocenters. The van der Waals surface area contributed by atoms with E-state index in [2.05, 4.69) is 10.3 Å². The van der Waals surface area contributed by atoms with Crippen LogP contribution in [0.15, 0.2) is 36.5 Å². The monoisotopic (exact) mass is 433 g/mol. The van der Waals surface area contributed by atoms with Crippen molar-refractivity contribution < 1.29 is 13.6 Å². The van der Waals surface area contributed by atoms with Crippen LogP contribution >= 0.6 is 11.6 Å². The van der Waals surface area contributed by atoms with Gasteiger partial charge in [-0.1, -0.05) is 17.7 Å². The molecular formula is C20H18B4ClF2N3O. The van der Waals surface area contributed by atoms with Gasteiger partial charge in [0.25, 0.3) is 5.91 Å². The van der Waals surface area contributed by atoms with E-state index in [-0.39, 0.29) is 23.7 Å². The summed E-state index contributed by atoms with van der Waals surface area (Å²) in [6.07, 6.45) is 1.18. The van der Waals surface area contributed by atoms with E-state index in [1.54, 1.807) is 6.20 Å². The third kappa shape index (κ3) is 5.01. The van der Waals surface area contributed by atoms with E-state index in [9.17, 15) is 9.18 Å². The Morgan fingerprint density at radius 3 is 2.58 bits per heavy atom. The van der Waals surface area contributed by atoms with Crippen LogP contribution in [0.4, 0.5) is 8.78 Å². The number of alkyl halides is 1. The number of nitrogens with zero attached hydrogens (tertiary/aromatic N) is 2. The van der Waals surface area contributed by atoms with Crippen molar-refractivity contribution in [1.82, 2.24) is 15.2 Å². The van der Waals surface area contributed by atoms with Gasteiger partial charge in [-0.05, 0) is 53.7 Å². The van der Waals surface area contributed by atoms with Gasteiger partial charge in [0.1, 0.15) is 11.5 Å². The van der Waals surface area contributed by atoms with Crippen LogP contribution < -0.4 is 5.32 Å². The van der Waals surface area contributed by atoms with Crippen LogP contribution in [0.25, 0.3) is 0 Å². The van der Waals surface area contributed by atoms with Gasteiger partial charge < -0.3 is 10.2 Å². The van der Waals surface area contributed by atoms with E-state index < -0.39 is 40.9 Å². The minimum absolute atomic E-state index is 0.0254. The smallest absolute Gasteiger partial charge is 0.252 e. The highest BCUT2D eigenvalue weighted by molar-refractivity contribution is 6.44. The first-order chi connectivity index (χ1) is 14.3. The Morgan fingerprint density at radius 2 is 1.97 bits per heavy atom. The molecule has 11 heteroatoms. The number of nitrogens with one attached hydrogen (secondary N) is 1. The lowest BCUT2D eigenvalue weighted by Crippen LogP contribution is -2.68. The van der Waals surface area contributed by atoms with Crippen LogP contribution in [0.5, 0.6) is 0 Å². The Bertz CT molecular complexity index is 977. The zero-order valence-electron chi connectivity index (χ0n) is 17.0. The standard InChI is InChI=1S/C20H18B4ClF2N3O/c1-12-2-4-14(29-7-12)8-28-10-18(27)9-20(23,24)30(11-19(18,21)22)17(31)13-3-5-16(26)15(25)6-13/h2-7,28H,8-11H2,1H3. The van der Waals surface area contributed by atoms with E-state index in [1.807, 2.05) is 19.1 Å². The number of hydrogen-bond donors (Lipinski definition) is 1. The fourth-order valence-electron chi connectivity index (χ4n) is 3.52. The fraction of sp³-hybridized carbons (Fsp3) is 0.400. The van der Waals surface area contributed by atoms with E-state index >= 15 is 4.39 Å². The van der Waals surface area contributed by atoms with Gasteiger partial charge in [-0.2, -0.15) is 0 Å². The molecule has 1 fully saturated rings. The Balaban J connectivity index is 1.75. The molecule has 0 aliphatic carbocycles. The molecule has 1 saturated heterocycles. The molecule has 4 nitrogen and oxygen atoms in total. The highest BCUT2D eigenvalue weighted by Crippen LogP contribution is 2.47. The van der Waals surface area contributed by atoms with Crippen molar-refractivity contribution >= 4 is 48.9 Å². The molecule has 2 heterocycles. The van der Waals surface area contributed by atoms with Gasteiger partial charge in [0.2, 0.25) is 0 Å². The zero-order chi connectivity index (χ0) is 23.0. The maximum atomic E-state index is 15.9. The second-order valence-electron chi connectivity index (χ2n) is 8.12. The third-order valence-electron chi connectivity index (χ3n) is 5.42. The van der Waals surface area contributed by atoms with Crippen molar-refractivity contribution in [2.24, 2.45) is 0 Å². The Morgan fingerprint density at radius 1 is 1.26 bits per heavy atom. The molecule has 31 heavy (non-hydrogen) atoms. The van der Waals surface area contributed by atoms with Crippen molar-refractivity contribution in [3.05, 3.63) is 64.2 Å². The third-order valence-corrected chi connectivity index (χ3v) is 5.71. The van der Waals surface area contributed by atoms with Gasteiger partial charge in [-0.15, -0.1) is 0 Å². The predicted octanol–water partition coefficient (Wildman–Crippen LogP) is 1.97. The lowest BCUT2D eigenvalue weighted by molar-refractivity contribution is 0.0155. The number of carbonyl (C=O) groups excluding carboxylic acids is 1. The van der Waals surface area contributed by atoms with Crippen molar-refractivity contribution in [3.8, 4) is 0 Å². The zero-order valence-corrected chi connectivity index (χ0v) is 17.8. The van der Waals surface area contributed by atoms with Crippen molar-refractivity contribution in [2.45, 2.75) is 36.1 Å². The first kappa shape index (κ1) is 23.9. The van der Waals surface area contributed by atoms with Crippen molar-refractivity contribution in [1.29, 1.82) is 0 Å². The lowest BCUT2D eigenvalue weighted by atomic mass is 9.39. The molecule has 152 valence electrons. The molecule has 8 radical (unpaired) electrons. The molecule has 1 aromatic carbocycles. The number of pyridine rings is 1. The number of benzene rings is 1. The summed E-state index contributed by atoms with van der Waals surface area (Å²) < 4.78 is 29.3. The molecular weight excluding hydrogens is 415 g/mol. The Labute approximate surface area is 191 Å². The number of hydrogen-bond acceptors (Lipinski definition) is 3. The molecule has 1 atom stereocenters. The van der Waals surface area contributed by atoms with Crippen LogP contribution in [-0.2, 0) is 6.54 Å². The molecule has 0 spiro atoms. The van der Waals surface area contributed by atoms with E-state index in [4.69, 9.17) is 43.0 Å². The highest BCUT2D eigenvalue weighted by atomic mass is 35.5. The van der Waals surface area contributed by atoms with Gasteiger partial charge in [0.15, 0.2) is 0 Å². The number of likely N-dealkylation sites (tertiary alicyclic amines) is 1. The molecule has 1 aromatic heterocycles. The average Bonchev–Trinajstić information content (AvgIpc) is 2.68. The van der Waals surface area contributed by atoms with E-state index in [0.29, 0.717) is 5.69 Å². The number of aryl methyl sites for hydroxylation is 1. The van der Waals surface area contributed by atoms with Gasteiger partial charge in [0.05, 0.1) is 42.1 Å². The Kier molecular flexibility index (Phi) is 6.64. The minimum atomic E-state index is -2.22. The number of carbonyl (C=O) groups is 1. The maximum absolute atomic E-state index is 15.9. The largest absolute Gasteiger partial charge is 0.351 e. The summed E-state index contributed by atoms with van der Waals surface area (Å²) in [5.41, 5.74) is -0.485. The molecule has 1 amide bonds. The summed E-state index contributed by atoms with van der Waals surface area (Å²) in [6.45, 7) is 1.47. The molecule has 1 aliphatic rings. The van der Waals surface area contributed by atoms with Crippen LogP contribution in [0.2, 0.25) is 10.2 Å². The first-order valence-electron chi connectivity index (χ1n) is 9.58. The summed E-state index contributed by atoms with van der Waals surface area (Å²) >= 11 is 5.75. The number of rotatable bonds is 5. The van der Waals surface area contributed by atoms with E-state index in [0.717, 1.165) is 22.6 Å². The molecule has 1 N–H and O–H groups in total. The minimum Gasteiger partial charge on any atom is -0.351 e. The van der Waals surface area contributed by atoms with Gasteiger partial charge in [-0.25, -0.2) is 8.78 Å². The van der Waals surface area contributed by atoms with Crippen LogP contribution in [0.1, 0.15) is 28.0 Å². The number of piperidine rings is 1. The van der Waals surface area contributed by atoms with Crippen molar-refractivity contribution in [3.63, 3.8) is 0 Å². The summed E-state index contributed by atoms with van der Waals surface area (Å²) in [4.78, 5) is 18.2. The van der Waals surface area contributed by atoms with Gasteiger partial charge >= 0.3 is 0 Å². The topological polar surface area (TPSA) is 45.2 Å². The summed E-state index contributed by atoms with van der Waals surface area (Å²) in [5.74, 6) is -1.38. The fourth-order valence-corrected chi connectivity index (χ4v) is 3.70. The quantitative estimate of drug-likeness (QED) is 0.734. The second-order valence-corrected chi connectivity index (χ2v) is 8.53. The second kappa shape index (κ2) is 8.62. The summed E-state index contributed by atoms with van der Waals surface area (Å²) in [5, 5.41) is -1.15. The number of amides is 1. The number of halogens is 3. The maximum Gasteiger partial charge on any atom is 0.252 e. The molecule has 3 rings (SSSR count). The average molecular weight is 433 g/mol. The van der Waals surface area contributed by atoms with Crippen LogP contribution in [-0.4, -0.2) is 71.3 Å². The Hall–Kier alpha value is -1.79. The lowest BCUT2D eigenvalue weighted by Gasteiger charge is -2.58. The normalized spacial score (nSPS) is 22.3.